The van der Waals surface area contributed by atoms with Gasteiger partial charge in [-0.3, -0.25) is 4.90 Å². The van der Waals surface area contributed by atoms with E-state index >= 15 is 0 Å². The molecule has 1 fully saturated rings. The van der Waals surface area contributed by atoms with Gasteiger partial charge in [-0.2, -0.15) is 0 Å². The van der Waals surface area contributed by atoms with E-state index in [0.717, 1.165) is 44.3 Å². The predicted octanol–water partition coefficient (Wildman–Crippen LogP) is 2.74. The molecule has 25 heavy (non-hydrogen) atoms. The first-order chi connectivity index (χ1) is 12.1. The van der Waals surface area contributed by atoms with Gasteiger partial charge in [0.15, 0.2) is 0 Å². The van der Waals surface area contributed by atoms with E-state index in [1.54, 1.807) is 18.2 Å². The molecule has 134 valence electrons. The Morgan fingerprint density at radius 1 is 0.960 bits per heavy atom. The summed E-state index contributed by atoms with van der Waals surface area (Å²) in [6, 6.07) is 12.8. The molecule has 0 bridgehead atoms. The van der Waals surface area contributed by atoms with Crippen molar-refractivity contribution in [3.63, 3.8) is 0 Å². The number of nitrogens with zero attached hydrogens (tertiary/aromatic N) is 1. The number of ether oxygens (including phenoxy) is 3. The van der Waals surface area contributed by atoms with Crippen LogP contribution in [-0.2, 0) is 4.74 Å². The summed E-state index contributed by atoms with van der Waals surface area (Å²) in [5.41, 5.74) is 12.6. The summed E-state index contributed by atoms with van der Waals surface area (Å²) in [5.74, 6) is 2.20. The van der Waals surface area contributed by atoms with E-state index < -0.39 is 0 Å². The molecule has 1 saturated heterocycles. The molecule has 1 unspecified atom stereocenters. The van der Waals surface area contributed by atoms with E-state index in [1.807, 2.05) is 24.3 Å². The van der Waals surface area contributed by atoms with Gasteiger partial charge in [0.25, 0.3) is 0 Å². The number of hydrogen-bond donors (Lipinski definition) is 2. The molecular weight excluding hydrogens is 318 g/mol. The lowest BCUT2D eigenvalue weighted by Crippen LogP contribution is -2.41. The highest BCUT2D eigenvalue weighted by atomic mass is 16.5. The molecule has 0 aromatic heterocycles. The average Bonchev–Trinajstić information content (AvgIpc) is 2.61. The van der Waals surface area contributed by atoms with E-state index in [4.69, 9.17) is 25.7 Å². The number of nitrogen functional groups attached to an aromatic ring is 2. The van der Waals surface area contributed by atoms with E-state index in [9.17, 15) is 0 Å². The maximum absolute atomic E-state index is 5.98. The van der Waals surface area contributed by atoms with E-state index in [-0.39, 0.29) is 6.10 Å². The van der Waals surface area contributed by atoms with Crippen molar-refractivity contribution in [1.29, 1.82) is 0 Å². The molecule has 4 N–H and O–H groups in total. The second kappa shape index (κ2) is 8.09. The molecule has 6 nitrogen and oxygen atoms in total. The Kier molecular flexibility index (Phi) is 5.63. The van der Waals surface area contributed by atoms with Crippen LogP contribution < -0.4 is 20.9 Å². The van der Waals surface area contributed by atoms with Crippen LogP contribution >= 0.6 is 0 Å². The normalized spacial score (nSPS) is 16.4. The van der Waals surface area contributed by atoms with Crippen molar-refractivity contribution in [3.05, 3.63) is 42.5 Å². The van der Waals surface area contributed by atoms with E-state index in [2.05, 4.69) is 11.8 Å². The van der Waals surface area contributed by atoms with Crippen molar-refractivity contribution in [2.75, 3.05) is 44.3 Å². The molecule has 0 radical (unpaired) electrons. The van der Waals surface area contributed by atoms with Crippen LogP contribution in [0, 0.1) is 0 Å². The maximum Gasteiger partial charge on any atom is 0.129 e. The number of morpholine rings is 1. The molecule has 3 rings (SSSR count). The quantitative estimate of drug-likeness (QED) is 0.785. The van der Waals surface area contributed by atoms with Crippen LogP contribution in [0.15, 0.2) is 42.5 Å². The van der Waals surface area contributed by atoms with Gasteiger partial charge in [0.2, 0.25) is 0 Å². The highest BCUT2D eigenvalue weighted by Crippen LogP contribution is 2.27. The molecule has 0 aliphatic carbocycles. The molecule has 0 amide bonds. The fourth-order valence-electron chi connectivity index (χ4n) is 2.76. The van der Waals surface area contributed by atoms with Crippen molar-refractivity contribution < 1.29 is 14.2 Å². The SMILES string of the molecule is CC(CN1CCOCC1)Oc1ccc(Oc2ccc(N)c(N)c2)cc1. The number of nitrogens with two attached hydrogens (primary N) is 2. The van der Waals surface area contributed by atoms with Gasteiger partial charge >= 0.3 is 0 Å². The summed E-state index contributed by atoms with van der Waals surface area (Å²) < 4.78 is 17.1. The summed E-state index contributed by atoms with van der Waals surface area (Å²) in [6.45, 7) is 6.50. The molecule has 1 atom stereocenters. The lowest BCUT2D eigenvalue weighted by Gasteiger charge is -2.29. The second-order valence-corrected chi connectivity index (χ2v) is 6.21. The van der Waals surface area contributed by atoms with Crippen molar-refractivity contribution >= 4 is 11.4 Å². The summed E-state index contributed by atoms with van der Waals surface area (Å²) in [5, 5.41) is 0. The Hall–Kier alpha value is -2.44. The molecule has 0 saturated carbocycles. The van der Waals surface area contributed by atoms with E-state index in [0.29, 0.717) is 17.1 Å². The third-order valence-corrected chi connectivity index (χ3v) is 4.07. The Morgan fingerprint density at radius 2 is 1.60 bits per heavy atom. The van der Waals surface area contributed by atoms with E-state index in [1.165, 1.54) is 0 Å². The summed E-state index contributed by atoms with van der Waals surface area (Å²) in [4.78, 5) is 2.36. The van der Waals surface area contributed by atoms with Gasteiger partial charge in [-0.25, -0.2) is 0 Å². The van der Waals surface area contributed by atoms with Gasteiger partial charge in [-0.15, -0.1) is 0 Å². The van der Waals surface area contributed by atoms with Crippen LogP contribution in [0.3, 0.4) is 0 Å². The zero-order valence-corrected chi connectivity index (χ0v) is 14.5. The third-order valence-electron chi connectivity index (χ3n) is 4.07. The van der Waals surface area contributed by atoms with Gasteiger partial charge in [-0.05, 0) is 43.3 Å². The molecule has 1 heterocycles. The zero-order valence-electron chi connectivity index (χ0n) is 14.5. The topological polar surface area (TPSA) is 83.0 Å². The minimum atomic E-state index is 0.113. The lowest BCUT2D eigenvalue weighted by atomic mass is 10.2. The fraction of sp³-hybridized carbons (Fsp3) is 0.368. The first-order valence-electron chi connectivity index (χ1n) is 8.50. The van der Waals surface area contributed by atoms with Crippen molar-refractivity contribution in [3.8, 4) is 17.2 Å². The molecule has 1 aliphatic heterocycles. The number of benzene rings is 2. The molecule has 2 aromatic carbocycles. The summed E-state index contributed by atoms with van der Waals surface area (Å²) in [7, 11) is 0. The Labute approximate surface area is 148 Å². The average molecular weight is 343 g/mol. The van der Waals surface area contributed by atoms with Crippen LogP contribution in [0.2, 0.25) is 0 Å². The molecule has 2 aromatic rings. The number of rotatable bonds is 6. The van der Waals surface area contributed by atoms with Crippen LogP contribution in [0.1, 0.15) is 6.92 Å². The van der Waals surface area contributed by atoms with Crippen molar-refractivity contribution in [1.82, 2.24) is 4.90 Å². The summed E-state index contributed by atoms with van der Waals surface area (Å²) in [6.07, 6.45) is 0.113. The fourth-order valence-corrected chi connectivity index (χ4v) is 2.76. The largest absolute Gasteiger partial charge is 0.489 e. The van der Waals surface area contributed by atoms with Crippen molar-refractivity contribution in [2.45, 2.75) is 13.0 Å². The van der Waals surface area contributed by atoms with Gasteiger partial charge in [0.05, 0.1) is 24.6 Å². The molecule has 1 aliphatic rings. The monoisotopic (exact) mass is 343 g/mol. The Balaban J connectivity index is 1.53. The third kappa shape index (κ3) is 5.01. The van der Waals surface area contributed by atoms with Gasteiger partial charge < -0.3 is 25.7 Å². The maximum atomic E-state index is 5.98. The highest BCUT2D eigenvalue weighted by molar-refractivity contribution is 5.65. The highest BCUT2D eigenvalue weighted by Gasteiger charge is 2.14. The smallest absolute Gasteiger partial charge is 0.129 e. The van der Waals surface area contributed by atoms with Gasteiger partial charge in [0, 0.05) is 25.7 Å². The Morgan fingerprint density at radius 3 is 2.28 bits per heavy atom. The molecular formula is C19H25N3O3. The minimum absolute atomic E-state index is 0.113. The van der Waals surface area contributed by atoms with Crippen LogP contribution in [0.5, 0.6) is 17.2 Å². The first-order valence-corrected chi connectivity index (χ1v) is 8.50. The lowest BCUT2D eigenvalue weighted by molar-refractivity contribution is 0.0218. The van der Waals surface area contributed by atoms with Crippen molar-refractivity contribution in [2.24, 2.45) is 0 Å². The Bertz CT molecular complexity index is 685. The van der Waals surface area contributed by atoms with Crippen LogP contribution in [0.4, 0.5) is 11.4 Å². The second-order valence-electron chi connectivity index (χ2n) is 6.21. The number of hydrogen-bond acceptors (Lipinski definition) is 6. The summed E-state index contributed by atoms with van der Waals surface area (Å²) >= 11 is 0. The molecule has 0 spiro atoms. The molecule has 6 heteroatoms. The van der Waals surface area contributed by atoms with Crippen LogP contribution in [0.25, 0.3) is 0 Å². The standard InChI is InChI=1S/C19H25N3O3/c1-14(13-22-8-10-23-11-9-22)24-15-2-4-16(5-3-15)25-17-6-7-18(20)19(21)12-17/h2-7,12,14H,8-11,13,20-21H2,1H3. The minimum Gasteiger partial charge on any atom is -0.489 e. The predicted molar refractivity (Wildman–Crippen MR) is 99.1 cm³/mol. The van der Waals surface area contributed by atoms with Crippen LogP contribution in [-0.4, -0.2) is 43.9 Å². The van der Waals surface area contributed by atoms with Gasteiger partial charge in [-0.1, -0.05) is 0 Å². The zero-order chi connectivity index (χ0) is 17.6. The number of anilines is 2. The first kappa shape index (κ1) is 17.4. The van der Waals surface area contributed by atoms with Gasteiger partial charge in [0.1, 0.15) is 23.4 Å².